The van der Waals surface area contributed by atoms with Crippen LogP contribution in [0.25, 0.3) is 10.6 Å². The Bertz CT molecular complexity index is 973. The number of thiazole rings is 1. The van der Waals surface area contributed by atoms with E-state index in [4.69, 9.17) is 16.6 Å². The summed E-state index contributed by atoms with van der Waals surface area (Å²) in [6.07, 6.45) is 0. The molecule has 0 bridgehead atoms. The number of aromatic nitrogens is 1. The molecule has 3 aromatic carbocycles. The molecule has 0 atom stereocenters. The van der Waals surface area contributed by atoms with Crippen molar-refractivity contribution in [3.8, 4) is 10.6 Å². The molecule has 0 aliphatic carbocycles. The predicted octanol–water partition coefficient (Wildman–Crippen LogP) is 6.67. The monoisotopic (exact) mass is 404 g/mol. The summed E-state index contributed by atoms with van der Waals surface area (Å²) in [5.41, 5.74) is 4.69. The van der Waals surface area contributed by atoms with Gasteiger partial charge in [0.1, 0.15) is 5.01 Å². The second-order valence-electron chi connectivity index (χ2n) is 6.74. The van der Waals surface area contributed by atoms with E-state index in [2.05, 4.69) is 70.9 Å². The topological polar surface area (TPSA) is 16.1 Å². The predicted molar refractivity (Wildman–Crippen MR) is 118 cm³/mol. The van der Waals surface area contributed by atoms with Crippen molar-refractivity contribution in [3.63, 3.8) is 0 Å². The van der Waals surface area contributed by atoms with Gasteiger partial charge in [0, 0.05) is 30.6 Å². The van der Waals surface area contributed by atoms with E-state index in [0.717, 1.165) is 40.9 Å². The molecule has 0 saturated carbocycles. The van der Waals surface area contributed by atoms with Gasteiger partial charge < -0.3 is 0 Å². The van der Waals surface area contributed by atoms with Gasteiger partial charge in [0.05, 0.1) is 10.7 Å². The van der Waals surface area contributed by atoms with Crippen molar-refractivity contribution in [3.05, 3.63) is 112 Å². The molecule has 4 heteroatoms. The van der Waals surface area contributed by atoms with Crippen LogP contribution < -0.4 is 0 Å². The molecule has 4 aromatic rings. The largest absolute Gasteiger partial charge is 0.289 e. The molecule has 0 aliphatic heterocycles. The van der Waals surface area contributed by atoms with Crippen LogP contribution in [0, 0.1) is 0 Å². The minimum atomic E-state index is 0.744. The van der Waals surface area contributed by atoms with E-state index in [-0.39, 0.29) is 0 Å². The smallest absolute Gasteiger partial charge is 0.125 e. The summed E-state index contributed by atoms with van der Waals surface area (Å²) in [5, 5.41) is 3.86. The van der Waals surface area contributed by atoms with Crippen LogP contribution in [-0.4, -0.2) is 9.88 Å². The number of rotatable bonds is 7. The van der Waals surface area contributed by atoms with Crippen molar-refractivity contribution >= 4 is 22.9 Å². The molecule has 4 rings (SSSR count). The van der Waals surface area contributed by atoms with Gasteiger partial charge in [-0.3, -0.25) is 4.90 Å². The lowest BCUT2D eigenvalue weighted by Crippen LogP contribution is -2.22. The van der Waals surface area contributed by atoms with Crippen molar-refractivity contribution < 1.29 is 0 Å². The van der Waals surface area contributed by atoms with Gasteiger partial charge in [-0.15, -0.1) is 11.3 Å². The highest BCUT2D eigenvalue weighted by Crippen LogP contribution is 2.30. The Balaban J connectivity index is 1.54. The summed E-state index contributed by atoms with van der Waals surface area (Å²) in [5.74, 6) is 0. The average molecular weight is 405 g/mol. The summed E-state index contributed by atoms with van der Waals surface area (Å²) in [6, 6.07) is 29.1. The first-order valence-corrected chi connectivity index (χ1v) is 10.5. The third-order valence-corrected chi connectivity index (χ3v) is 5.79. The van der Waals surface area contributed by atoms with Crippen molar-refractivity contribution in [2.75, 3.05) is 0 Å². The average Bonchev–Trinajstić information content (AvgIpc) is 3.18. The zero-order chi connectivity index (χ0) is 19.2. The highest BCUT2D eigenvalue weighted by Gasteiger charge is 2.13. The first-order chi connectivity index (χ1) is 13.8. The van der Waals surface area contributed by atoms with Crippen LogP contribution in [0.2, 0.25) is 5.02 Å². The van der Waals surface area contributed by atoms with Crippen LogP contribution in [0.3, 0.4) is 0 Å². The Kier molecular flexibility index (Phi) is 6.17. The first kappa shape index (κ1) is 18.9. The minimum absolute atomic E-state index is 0.744. The van der Waals surface area contributed by atoms with Gasteiger partial charge in [0.25, 0.3) is 0 Å². The van der Waals surface area contributed by atoms with Gasteiger partial charge in [-0.2, -0.15) is 0 Å². The maximum Gasteiger partial charge on any atom is 0.125 e. The summed E-state index contributed by atoms with van der Waals surface area (Å²) < 4.78 is 0. The van der Waals surface area contributed by atoms with Crippen molar-refractivity contribution in [2.24, 2.45) is 0 Å². The molecule has 0 unspecified atom stereocenters. The Morgan fingerprint density at radius 1 is 0.714 bits per heavy atom. The van der Waals surface area contributed by atoms with E-state index < -0.39 is 0 Å². The molecule has 0 N–H and O–H groups in total. The number of halogens is 1. The Morgan fingerprint density at radius 2 is 1.29 bits per heavy atom. The Morgan fingerprint density at radius 3 is 1.89 bits per heavy atom. The molecule has 0 amide bonds. The molecule has 0 radical (unpaired) electrons. The quantitative estimate of drug-likeness (QED) is 0.342. The van der Waals surface area contributed by atoms with E-state index in [0.29, 0.717) is 0 Å². The molecular weight excluding hydrogens is 384 g/mol. The molecular formula is C24H21ClN2S. The molecule has 0 aliphatic rings. The number of hydrogen-bond acceptors (Lipinski definition) is 3. The van der Waals surface area contributed by atoms with Gasteiger partial charge in [-0.1, -0.05) is 90.5 Å². The maximum atomic E-state index is 6.34. The summed E-state index contributed by atoms with van der Waals surface area (Å²) in [7, 11) is 0. The summed E-state index contributed by atoms with van der Waals surface area (Å²) in [6.45, 7) is 2.56. The zero-order valence-electron chi connectivity index (χ0n) is 15.5. The van der Waals surface area contributed by atoms with Gasteiger partial charge in [-0.05, 0) is 17.2 Å². The summed E-state index contributed by atoms with van der Waals surface area (Å²) in [4.78, 5) is 7.28. The highest BCUT2D eigenvalue weighted by molar-refractivity contribution is 7.13. The van der Waals surface area contributed by atoms with Gasteiger partial charge in [0.2, 0.25) is 0 Å². The maximum absolute atomic E-state index is 6.34. The zero-order valence-corrected chi connectivity index (χ0v) is 17.0. The van der Waals surface area contributed by atoms with Gasteiger partial charge in [-0.25, -0.2) is 4.98 Å². The van der Waals surface area contributed by atoms with E-state index >= 15 is 0 Å². The van der Waals surface area contributed by atoms with Gasteiger partial charge >= 0.3 is 0 Å². The van der Waals surface area contributed by atoms with Crippen LogP contribution in [0.15, 0.2) is 90.3 Å². The third kappa shape index (κ3) is 4.87. The fraction of sp³-hybridized carbons (Fsp3) is 0.125. The number of hydrogen-bond donors (Lipinski definition) is 0. The number of benzene rings is 3. The lowest BCUT2D eigenvalue weighted by atomic mass is 10.1. The fourth-order valence-electron chi connectivity index (χ4n) is 3.22. The van der Waals surface area contributed by atoms with Crippen LogP contribution in [-0.2, 0) is 19.6 Å². The second-order valence-corrected chi connectivity index (χ2v) is 8.01. The fourth-order valence-corrected chi connectivity index (χ4v) is 4.35. The third-order valence-electron chi connectivity index (χ3n) is 4.54. The van der Waals surface area contributed by atoms with Crippen LogP contribution in [0.1, 0.15) is 16.8 Å². The Labute approximate surface area is 175 Å². The van der Waals surface area contributed by atoms with Crippen molar-refractivity contribution in [1.82, 2.24) is 9.88 Å². The van der Waals surface area contributed by atoms with E-state index in [9.17, 15) is 0 Å². The van der Waals surface area contributed by atoms with E-state index in [1.807, 2.05) is 24.3 Å². The summed E-state index contributed by atoms with van der Waals surface area (Å²) >= 11 is 7.99. The molecule has 0 fully saturated rings. The Hall–Kier alpha value is -2.46. The SMILES string of the molecule is Clc1ccccc1-c1nc(CN(Cc2ccccc2)Cc2ccccc2)cs1. The standard InChI is InChI=1S/C24H21ClN2S/c25-23-14-8-7-13-22(23)24-26-21(18-28-24)17-27(15-19-9-3-1-4-10-19)16-20-11-5-2-6-12-20/h1-14,18H,15-17H2. The van der Waals surface area contributed by atoms with Crippen LogP contribution in [0.5, 0.6) is 0 Å². The molecule has 140 valence electrons. The van der Waals surface area contributed by atoms with Crippen molar-refractivity contribution in [1.29, 1.82) is 0 Å². The molecule has 1 aromatic heterocycles. The van der Waals surface area contributed by atoms with E-state index in [1.165, 1.54) is 11.1 Å². The second kappa shape index (κ2) is 9.16. The minimum Gasteiger partial charge on any atom is -0.289 e. The van der Waals surface area contributed by atoms with Crippen molar-refractivity contribution in [2.45, 2.75) is 19.6 Å². The lowest BCUT2D eigenvalue weighted by molar-refractivity contribution is 0.245. The van der Waals surface area contributed by atoms with Crippen LogP contribution in [0.4, 0.5) is 0 Å². The lowest BCUT2D eigenvalue weighted by Gasteiger charge is -2.21. The van der Waals surface area contributed by atoms with E-state index in [1.54, 1.807) is 11.3 Å². The molecule has 0 saturated heterocycles. The van der Waals surface area contributed by atoms with Crippen LogP contribution >= 0.6 is 22.9 Å². The molecule has 0 spiro atoms. The molecule has 2 nitrogen and oxygen atoms in total. The normalized spacial score (nSPS) is 11.1. The van der Waals surface area contributed by atoms with Gasteiger partial charge in [0.15, 0.2) is 0 Å². The molecule has 1 heterocycles. The number of nitrogens with zero attached hydrogens (tertiary/aromatic N) is 2. The highest BCUT2D eigenvalue weighted by atomic mass is 35.5. The first-order valence-electron chi connectivity index (χ1n) is 9.27. The molecule has 28 heavy (non-hydrogen) atoms.